The molecule has 0 saturated carbocycles. The highest BCUT2D eigenvalue weighted by Crippen LogP contribution is 2.23. The minimum absolute atomic E-state index is 0.0834. The summed E-state index contributed by atoms with van der Waals surface area (Å²) in [6.45, 7) is 1.19. The number of hydrogen-bond donors (Lipinski definition) is 2. The Labute approximate surface area is 140 Å². The zero-order valence-electron chi connectivity index (χ0n) is 11.6. The van der Waals surface area contributed by atoms with Crippen LogP contribution in [0.3, 0.4) is 0 Å². The highest BCUT2D eigenvalue weighted by molar-refractivity contribution is 9.11. The first-order chi connectivity index (χ1) is 9.99. The fraction of sp³-hybridized carbons (Fsp3) is 0.385. The molecule has 21 heavy (non-hydrogen) atoms. The summed E-state index contributed by atoms with van der Waals surface area (Å²) in [4.78, 5) is 14.2. The number of ether oxygens (including phenoxy) is 1. The Kier molecular flexibility index (Phi) is 7.69. The van der Waals surface area contributed by atoms with E-state index >= 15 is 0 Å². The molecule has 1 aromatic rings. The van der Waals surface area contributed by atoms with Gasteiger partial charge in [0.05, 0.1) is 12.2 Å². The molecular weight excluding hydrogens is 406 g/mol. The molecule has 0 unspecified atom stereocenters. The van der Waals surface area contributed by atoms with Crippen LogP contribution in [0.4, 0.5) is 0 Å². The van der Waals surface area contributed by atoms with E-state index in [4.69, 9.17) is 15.7 Å². The van der Waals surface area contributed by atoms with Gasteiger partial charge in [0, 0.05) is 35.6 Å². The number of nitrogens with two attached hydrogens (primary N) is 1. The second-order valence-corrected chi connectivity index (χ2v) is 6.02. The average Bonchev–Trinajstić information content (AvgIpc) is 2.46. The Balaban J connectivity index is 2.87. The van der Waals surface area contributed by atoms with Crippen LogP contribution < -0.4 is 5.73 Å². The number of oxime groups is 1. The van der Waals surface area contributed by atoms with Crippen molar-refractivity contribution >= 4 is 43.6 Å². The van der Waals surface area contributed by atoms with Gasteiger partial charge >= 0.3 is 0 Å². The number of nitrogens with zero attached hydrogens (tertiary/aromatic N) is 2. The third kappa shape index (κ3) is 5.64. The molecule has 0 atom stereocenters. The quantitative estimate of drug-likeness (QED) is 0.305. The van der Waals surface area contributed by atoms with Crippen molar-refractivity contribution in [3.63, 3.8) is 0 Å². The summed E-state index contributed by atoms with van der Waals surface area (Å²) in [6.07, 6.45) is 0.292. The van der Waals surface area contributed by atoms with Crippen LogP contribution >= 0.6 is 31.9 Å². The van der Waals surface area contributed by atoms with Gasteiger partial charge in [0.1, 0.15) is 5.84 Å². The van der Waals surface area contributed by atoms with Gasteiger partial charge in [-0.15, -0.1) is 0 Å². The normalized spacial score (nSPS) is 11.5. The zero-order valence-corrected chi connectivity index (χ0v) is 14.7. The first-order valence-electron chi connectivity index (χ1n) is 6.19. The number of halogens is 2. The van der Waals surface area contributed by atoms with Crippen molar-refractivity contribution in [1.82, 2.24) is 4.90 Å². The van der Waals surface area contributed by atoms with E-state index in [2.05, 4.69) is 37.0 Å². The van der Waals surface area contributed by atoms with Crippen molar-refractivity contribution in [2.24, 2.45) is 10.9 Å². The summed E-state index contributed by atoms with van der Waals surface area (Å²) in [5, 5.41) is 11.5. The van der Waals surface area contributed by atoms with E-state index in [0.29, 0.717) is 36.2 Å². The van der Waals surface area contributed by atoms with Crippen LogP contribution in [-0.4, -0.2) is 48.7 Å². The number of rotatable bonds is 7. The summed E-state index contributed by atoms with van der Waals surface area (Å²) in [7, 11) is 1.57. The number of amides is 1. The molecule has 8 heteroatoms. The van der Waals surface area contributed by atoms with Crippen molar-refractivity contribution in [2.75, 3.05) is 26.8 Å². The molecule has 0 heterocycles. The number of benzene rings is 1. The molecule has 0 radical (unpaired) electrons. The fourth-order valence-corrected chi connectivity index (χ4v) is 2.87. The van der Waals surface area contributed by atoms with Gasteiger partial charge in [0.25, 0.3) is 5.91 Å². The van der Waals surface area contributed by atoms with E-state index in [1.54, 1.807) is 24.1 Å². The van der Waals surface area contributed by atoms with Crippen LogP contribution in [-0.2, 0) is 4.74 Å². The standard InChI is InChI=1S/C13H17Br2N3O3/c1-21-7-6-18(5-4-12(16)17-20)13(19)10-3-2-9(14)8-11(10)15/h2-3,8,20H,4-7H2,1H3,(H2,16,17). The van der Waals surface area contributed by atoms with E-state index < -0.39 is 0 Å². The van der Waals surface area contributed by atoms with E-state index in [9.17, 15) is 4.79 Å². The van der Waals surface area contributed by atoms with Gasteiger partial charge in [0.2, 0.25) is 0 Å². The maximum absolute atomic E-state index is 12.6. The van der Waals surface area contributed by atoms with Crippen LogP contribution in [0.2, 0.25) is 0 Å². The highest BCUT2D eigenvalue weighted by atomic mass is 79.9. The highest BCUT2D eigenvalue weighted by Gasteiger charge is 2.18. The van der Waals surface area contributed by atoms with Gasteiger partial charge in [-0.1, -0.05) is 21.1 Å². The number of carbonyl (C=O) groups is 1. The average molecular weight is 423 g/mol. The van der Waals surface area contributed by atoms with Crippen LogP contribution in [0.25, 0.3) is 0 Å². The molecule has 0 saturated heterocycles. The first kappa shape index (κ1) is 17.9. The number of carbonyl (C=O) groups excluding carboxylic acids is 1. The van der Waals surface area contributed by atoms with Crippen LogP contribution in [0.5, 0.6) is 0 Å². The summed E-state index contributed by atoms with van der Waals surface area (Å²) in [5.74, 6) is -0.0581. The monoisotopic (exact) mass is 421 g/mol. The van der Waals surface area contributed by atoms with Gasteiger partial charge in [-0.3, -0.25) is 4.79 Å². The summed E-state index contributed by atoms with van der Waals surface area (Å²) in [6, 6.07) is 5.35. The number of hydrogen-bond acceptors (Lipinski definition) is 4. The lowest BCUT2D eigenvalue weighted by Crippen LogP contribution is -2.36. The maximum Gasteiger partial charge on any atom is 0.255 e. The number of amidine groups is 1. The van der Waals surface area contributed by atoms with E-state index in [-0.39, 0.29) is 11.7 Å². The van der Waals surface area contributed by atoms with Gasteiger partial charge in [-0.05, 0) is 34.1 Å². The van der Waals surface area contributed by atoms with E-state index in [0.717, 1.165) is 4.47 Å². The second kappa shape index (κ2) is 9.01. The Morgan fingerprint density at radius 3 is 2.71 bits per heavy atom. The van der Waals surface area contributed by atoms with Gasteiger partial charge in [-0.25, -0.2) is 0 Å². The molecule has 0 aliphatic carbocycles. The Morgan fingerprint density at radius 2 is 2.14 bits per heavy atom. The molecule has 6 nitrogen and oxygen atoms in total. The lowest BCUT2D eigenvalue weighted by atomic mass is 10.2. The SMILES string of the molecule is COCCN(CC/C(N)=N/O)C(=O)c1ccc(Br)cc1Br. The lowest BCUT2D eigenvalue weighted by Gasteiger charge is -2.22. The molecule has 1 rings (SSSR count). The van der Waals surface area contributed by atoms with Crippen molar-refractivity contribution < 1.29 is 14.7 Å². The molecule has 0 bridgehead atoms. The molecular formula is C13H17Br2N3O3. The van der Waals surface area contributed by atoms with Crippen molar-refractivity contribution in [2.45, 2.75) is 6.42 Å². The van der Waals surface area contributed by atoms with Crippen molar-refractivity contribution in [3.8, 4) is 0 Å². The van der Waals surface area contributed by atoms with Gasteiger partial charge in [0.15, 0.2) is 0 Å². The lowest BCUT2D eigenvalue weighted by molar-refractivity contribution is 0.0699. The third-order valence-electron chi connectivity index (χ3n) is 2.78. The van der Waals surface area contributed by atoms with Crippen molar-refractivity contribution in [3.05, 3.63) is 32.7 Å². The molecule has 1 amide bonds. The number of methoxy groups -OCH3 is 1. The van der Waals surface area contributed by atoms with Crippen LogP contribution in [0, 0.1) is 0 Å². The van der Waals surface area contributed by atoms with Crippen molar-refractivity contribution in [1.29, 1.82) is 0 Å². The molecule has 3 N–H and O–H groups in total. The van der Waals surface area contributed by atoms with E-state index in [1.165, 1.54) is 0 Å². The molecule has 0 spiro atoms. The molecule has 1 aromatic carbocycles. The first-order valence-corrected chi connectivity index (χ1v) is 7.77. The predicted molar refractivity (Wildman–Crippen MR) is 87.6 cm³/mol. The molecule has 0 fully saturated rings. The van der Waals surface area contributed by atoms with Crippen LogP contribution in [0.1, 0.15) is 16.8 Å². The molecule has 0 aliphatic heterocycles. The minimum Gasteiger partial charge on any atom is -0.409 e. The third-order valence-corrected chi connectivity index (χ3v) is 3.93. The maximum atomic E-state index is 12.6. The van der Waals surface area contributed by atoms with Gasteiger partial charge < -0.3 is 20.6 Å². The minimum atomic E-state index is -0.142. The fourth-order valence-electron chi connectivity index (χ4n) is 1.65. The van der Waals surface area contributed by atoms with Crippen LogP contribution in [0.15, 0.2) is 32.3 Å². The Bertz CT molecular complexity index is 523. The second-order valence-electron chi connectivity index (χ2n) is 4.25. The smallest absolute Gasteiger partial charge is 0.255 e. The summed E-state index contributed by atoms with van der Waals surface area (Å²) >= 11 is 6.73. The topological polar surface area (TPSA) is 88.2 Å². The predicted octanol–water partition coefficient (Wildman–Crippen LogP) is 2.44. The van der Waals surface area contributed by atoms with E-state index in [1.807, 2.05) is 6.07 Å². The summed E-state index contributed by atoms with van der Waals surface area (Å²) in [5.41, 5.74) is 6.00. The summed E-state index contributed by atoms with van der Waals surface area (Å²) < 4.78 is 6.60. The largest absolute Gasteiger partial charge is 0.409 e. The Hall–Kier alpha value is -1.12. The molecule has 0 aromatic heterocycles. The molecule has 116 valence electrons. The Morgan fingerprint density at radius 1 is 1.43 bits per heavy atom. The van der Waals surface area contributed by atoms with Gasteiger partial charge in [-0.2, -0.15) is 0 Å². The molecule has 0 aliphatic rings. The zero-order chi connectivity index (χ0) is 15.8.